The van der Waals surface area contributed by atoms with Crippen LogP contribution in [0.4, 0.5) is 0 Å². The van der Waals surface area contributed by atoms with Gasteiger partial charge < -0.3 is 10.3 Å². The van der Waals surface area contributed by atoms with E-state index >= 15 is 0 Å². The predicted molar refractivity (Wildman–Crippen MR) is 95.7 cm³/mol. The third-order valence-electron chi connectivity index (χ3n) is 4.42. The van der Waals surface area contributed by atoms with Crippen LogP contribution in [0.15, 0.2) is 36.7 Å². The van der Waals surface area contributed by atoms with Gasteiger partial charge >= 0.3 is 0 Å². The molecule has 3 rings (SSSR count). The first-order chi connectivity index (χ1) is 11.5. The number of nitrogens with one attached hydrogen (secondary N) is 2. The lowest BCUT2D eigenvalue weighted by atomic mass is 10.1. The molecule has 126 valence electrons. The maximum atomic E-state index is 12.2. The SMILES string of the molecule is Cc1nn(C)cc1C(C)NC(=O)CCCc1c[nH]c2ccccc12. The molecule has 0 fully saturated rings. The molecule has 0 radical (unpaired) electrons. The second-order valence-corrected chi connectivity index (χ2v) is 6.35. The summed E-state index contributed by atoms with van der Waals surface area (Å²) in [5.41, 5.74) is 4.46. The fourth-order valence-electron chi connectivity index (χ4n) is 3.21. The molecule has 3 aromatic rings. The van der Waals surface area contributed by atoms with Crippen molar-refractivity contribution in [3.8, 4) is 0 Å². The molecule has 2 N–H and O–H groups in total. The molecule has 0 spiro atoms. The fourth-order valence-corrected chi connectivity index (χ4v) is 3.21. The third kappa shape index (κ3) is 3.50. The van der Waals surface area contributed by atoms with Crippen molar-refractivity contribution < 1.29 is 4.79 Å². The molecule has 0 aliphatic heterocycles. The monoisotopic (exact) mass is 324 g/mol. The first-order valence-corrected chi connectivity index (χ1v) is 8.39. The van der Waals surface area contributed by atoms with Gasteiger partial charge in [-0.3, -0.25) is 9.48 Å². The van der Waals surface area contributed by atoms with Gasteiger partial charge in [0, 0.05) is 42.3 Å². The van der Waals surface area contributed by atoms with Crippen LogP contribution in [0.2, 0.25) is 0 Å². The van der Waals surface area contributed by atoms with Crippen LogP contribution in [0, 0.1) is 6.92 Å². The molecule has 0 aliphatic rings. The Labute approximate surface area is 142 Å². The molecule has 2 aromatic heterocycles. The van der Waals surface area contributed by atoms with Crippen molar-refractivity contribution in [2.45, 2.75) is 39.2 Å². The second kappa shape index (κ2) is 6.91. The molecule has 5 nitrogen and oxygen atoms in total. The van der Waals surface area contributed by atoms with Crippen LogP contribution < -0.4 is 5.32 Å². The van der Waals surface area contributed by atoms with Crippen molar-refractivity contribution in [2.24, 2.45) is 7.05 Å². The molecule has 0 aliphatic carbocycles. The normalized spacial score (nSPS) is 12.5. The van der Waals surface area contributed by atoms with Gasteiger partial charge in [0.25, 0.3) is 0 Å². The van der Waals surface area contributed by atoms with E-state index in [4.69, 9.17) is 0 Å². The van der Waals surface area contributed by atoms with E-state index in [1.807, 2.05) is 45.4 Å². The van der Waals surface area contributed by atoms with Crippen molar-refractivity contribution in [3.05, 3.63) is 53.5 Å². The van der Waals surface area contributed by atoms with E-state index in [1.54, 1.807) is 4.68 Å². The van der Waals surface area contributed by atoms with Crippen LogP contribution in [0.1, 0.15) is 42.6 Å². The summed E-state index contributed by atoms with van der Waals surface area (Å²) in [6, 6.07) is 8.25. The largest absolute Gasteiger partial charge is 0.361 e. The summed E-state index contributed by atoms with van der Waals surface area (Å²) < 4.78 is 1.78. The number of rotatable bonds is 6. The minimum absolute atomic E-state index is 0.0145. The highest BCUT2D eigenvalue weighted by atomic mass is 16.1. The van der Waals surface area contributed by atoms with E-state index < -0.39 is 0 Å². The molecule has 1 aromatic carbocycles. The number of hydrogen-bond acceptors (Lipinski definition) is 2. The molecular weight excluding hydrogens is 300 g/mol. The Morgan fingerprint density at radius 1 is 1.38 bits per heavy atom. The number of aromatic amines is 1. The standard InChI is InChI=1S/C19H24N4O/c1-13(17-12-23(3)22-14(17)2)21-19(24)10-6-7-15-11-20-18-9-5-4-8-16(15)18/h4-5,8-9,11-13,20H,6-7,10H2,1-3H3,(H,21,24). The lowest BCUT2D eigenvalue weighted by molar-refractivity contribution is -0.121. The minimum atomic E-state index is -0.0145. The molecule has 0 saturated heterocycles. The van der Waals surface area contributed by atoms with Crippen LogP contribution in [-0.4, -0.2) is 20.7 Å². The maximum Gasteiger partial charge on any atom is 0.220 e. The molecule has 1 amide bonds. The summed E-state index contributed by atoms with van der Waals surface area (Å²) in [6.45, 7) is 3.97. The fraction of sp³-hybridized carbons (Fsp3) is 0.368. The van der Waals surface area contributed by atoms with Crippen molar-refractivity contribution in [1.29, 1.82) is 0 Å². The van der Waals surface area contributed by atoms with Gasteiger partial charge in [-0.15, -0.1) is 0 Å². The highest BCUT2D eigenvalue weighted by Gasteiger charge is 2.14. The number of hydrogen-bond donors (Lipinski definition) is 2. The molecular formula is C19H24N4O. The number of carbonyl (C=O) groups is 1. The van der Waals surface area contributed by atoms with Crippen LogP contribution >= 0.6 is 0 Å². The molecule has 5 heteroatoms. The smallest absolute Gasteiger partial charge is 0.220 e. The number of fused-ring (bicyclic) bond motifs is 1. The number of para-hydroxylation sites is 1. The number of aryl methyl sites for hydroxylation is 3. The maximum absolute atomic E-state index is 12.2. The van der Waals surface area contributed by atoms with Gasteiger partial charge in [0.05, 0.1) is 11.7 Å². The number of amides is 1. The van der Waals surface area contributed by atoms with Crippen LogP contribution in [0.25, 0.3) is 10.9 Å². The van der Waals surface area contributed by atoms with E-state index in [9.17, 15) is 4.79 Å². The average Bonchev–Trinajstić information content (AvgIpc) is 3.10. The van der Waals surface area contributed by atoms with Gasteiger partial charge in [-0.25, -0.2) is 0 Å². The van der Waals surface area contributed by atoms with Crippen LogP contribution in [0.3, 0.4) is 0 Å². The lowest BCUT2D eigenvalue weighted by Gasteiger charge is -2.13. The van der Waals surface area contributed by atoms with E-state index in [0.29, 0.717) is 6.42 Å². The molecule has 2 heterocycles. The highest BCUT2D eigenvalue weighted by Crippen LogP contribution is 2.20. The number of nitrogens with zero attached hydrogens (tertiary/aromatic N) is 2. The number of aromatic nitrogens is 3. The van der Waals surface area contributed by atoms with Gasteiger partial charge in [0.15, 0.2) is 0 Å². The zero-order valence-electron chi connectivity index (χ0n) is 14.5. The number of benzene rings is 1. The Morgan fingerprint density at radius 3 is 2.92 bits per heavy atom. The van der Waals surface area contributed by atoms with Crippen molar-refractivity contribution in [3.63, 3.8) is 0 Å². The summed E-state index contributed by atoms with van der Waals surface area (Å²) in [6.07, 6.45) is 6.28. The summed E-state index contributed by atoms with van der Waals surface area (Å²) in [5, 5.41) is 8.64. The Hall–Kier alpha value is -2.56. The van der Waals surface area contributed by atoms with E-state index in [1.165, 1.54) is 10.9 Å². The Morgan fingerprint density at radius 2 is 2.17 bits per heavy atom. The van der Waals surface area contributed by atoms with Crippen molar-refractivity contribution in [2.75, 3.05) is 0 Å². The minimum Gasteiger partial charge on any atom is -0.361 e. The third-order valence-corrected chi connectivity index (χ3v) is 4.42. The van der Waals surface area contributed by atoms with E-state index in [2.05, 4.69) is 27.5 Å². The van der Waals surface area contributed by atoms with E-state index in [-0.39, 0.29) is 11.9 Å². The Kier molecular flexibility index (Phi) is 4.69. The topological polar surface area (TPSA) is 62.7 Å². The first kappa shape index (κ1) is 16.3. The quantitative estimate of drug-likeness (QED) is 0.730. The van der Waals surface area contributed by atoms with Crippen molar-refractivity contribution >= 4 is 16.8 Å². The molecule has 0 saturated carbocycles. The van der Waals surface area contributed by atoms with Gasteiger partial charge in [-0.05, 0) is 38.3 Å². The van der Waals surface area contributed by atoms with Gasteiger partial charge in [0.2, 0.25) is 5.91 Å². The van der Waals surface area contributed by atoms with Crippen LogP contribution in [-0.2, 0) is 18.3 Å². The summed E-state index contributed by atoms with van der Waals surface area (Å²) >= 11 is 0. The second-order valence-electron chi connectivity index (χ2n) is 6.35. The zero-order valence-corrected chi connectivity index (χ0v) is 14.5. The lowest BCUT2D eigenvalue weighted by Crippen LogP contribution is -2.26. The molecule has 1 unspecified atom stereocenters. The molecule has 1 atom stereocenters. The van der Waals surface area contributed by atoms with Gasteiger partial charge in [-0.1, -0.05) is 18.2 Å². The average molecular weight is 324 g/mol. The zero-order chi connectivity index (χ0) is 17.1. The van der Waals surface area contributed by atoms with Gasteiger partial charge in [0.1, 0.15) is 0 Å². The number of H-pyrrole nitrogens is 1. The summed E-state index contributed by atoms with van der Waals surface area (Å²) in [4.78, 5) is 15.5. The first-order valence-electron chi connectivity index (χ1n) is 8.39. The van der Waals surface area contributed by atoms with E-state index in [0.717, 1.165) is 29.6 Å². The summed E-state index contributed by atoms with van der Waals surface area (Å²) in [7, 11) is 1.90. The van der Waals surface area contributed by atoms with Crippen LogP contribution in [0.5, 0.6) is 0 Å². The Bertz CT molecular complexity index is 846. The number of carbonyl (C=O) groups excluding carboxylic acids is 1. The summed E-state index contributed by atoms with van der Waals surface area (Å²) in [5.74, 6) is 0.0885. The van der Waals surface area contributed by atoms with Crippen molar-refractivity contribution in [1.82, 2.24) is 20.1 Å². The predicted octanol–water partition coefficient (Wildman–Crippen LogP) is 3.41. The molecule has 24 heavy (non-hydrogen) atoms. The highest BCUT2D eigenvalue weighted by molar-refractivity contribution is 5.83. The van der Waals surface area contributed by atoms with Gasteiger partial charge in [-0.2, -0.15) is 5.10 Å². The Balaban J connectivity index is 1.51. The molecule has 0 bridgehead atoms.